The molecule has 0 aromatic carbocycles. The SMILES string of the molecule is C=C(CCC(CC)C(=C)C1CCC(C)(C)C(I)(C2=CCC(Cl)CC2)CC1)C(C)CC(C)C. The fraction of sp³-hybridized carbons (Fsp3) is 0.800. The maximum Gasteiger partial charge on any atom is 0.0481 e. The van der Waals surface area contributed by atoms with Crippen LogP contribution in [0.4, 0.5) is 0 Å². The minimum atomic E-state index is 0.263. The van der Waals surface area contributed by atoms with E-state index in [2.05, 4.69) is 76.8 Å². The minimum absolute atomic E-state index is 0.263. The van der Waals surface area contributed by atoms with Crippen LogP contribution < -0.4 is 0 Å². The van der Waals surface area contributed by atoms with Crippen molar-refractivity contribution in [2.45, 2.75) is 121 Å². The van der Waals surface area contributed by atoms with Gasteiger partial charge in [0.2, 0.25) is 0 Å². The molecule has 0 amide bonds. The normalized spacial score (nSPS) is 30.3. The van der Waals surface area contributed by atoms with E-state index in [1.807, 2.05) is 0 Å². The van der Waals surface area contributed by atoms with E-state index in [0.717, 1.165) is 25.2 Å². The molecule has 2 aliphatic rings. The van der Waals surface area contributed by atoms with Gasteiger partial charge in [-0.2, -0.15) is 0 Å². The van der Waals surface area contributed by atoms with Crippen molar-refractivity contribution in [1.82, 2.24) is 0 Å². The Bertz CT molecular complexity index is 672. The van der Waals surface area contributed by atoms with Crippen LogP contribution >= 0.6 is 34.2 Å². The van der Waals surface area contributed by atoms with Crippen LogP contribution in [-0.4, -0.2) is 8.80 Å². The average Bonchev–Trinajstić information content (AvgIpc) is 2.84. The van der Waals surface area contributed by atoms with Crippen LogP contribution in [0.15, 0.2) is 36.0 Å². The predicted octanol–water partition coefficient (Wildman–Crippen LogP) is 10.7. The van der Waals surface area contributed by atoms with E-state index >= 15 is 0 Å². The van der Waals surface area contributed by atoms with Crippen LogP contribution in [0.3, 0.4) is 0 Å². The van der Waals surface area contributed by atoms with Crippen molar-refractivity contribution in [2.75, 3.05) is 0 Å². The monoisotopic (exact) mass is 572 g/mol. The van der Waals surface area contributed by atoms with Crippen LogP contribution in [0.1, 0.15) is 112 Å². The number of alkyl halides is 2. The first-order chi connectivity index (χ1) is 14.9. The van der Waals surface area contributed by atoms with Gasteiger partial charge in [0.15, 0.2) is 0 Å². The number of hydrogen-bond donors (Lipinski definition) is 0. The maximum atomic E-state index is 6.42. The topological polar surface area (TPSA) is 0 Å². The lowest BCUT2D eigenvalue weighted by Crippen LogP contribution is -2.40. The highest BCUT2D eigenvalue weighted by atomic mass is 127. The van der Waals surface area contributed by atoms with Crippen LogP contribution in [-0.2, 0) is 0 Å². The molecule has 0 aromatic rings. The van der Waals surface area contributed by atoms with Crippen molar-refractivity contribution in [2.24, 2.45) is 29.1 Å². The fourth-order valence-electron chi connectivity index (χ4n) is 6.18. The standard InChI is InChI=1S/C30H50ClI/c1-9-25(11-10-22(4)23(5)20-21(2)3)24(6)26-16-18-29(7,8)30(32,19-17-26)27-12-14-28(31)15-13-27/h12,21,23,25-26,28H,4,6,9-11,13-20H2,1-3,5,7-8H3. The lowest BCUT2D eigenvalue weighted by Gasteiger charge is -2.45. The Hall–Kier alpha value is 0.240. The molecule has 2 heteroatoms. The van der Waals surface area contributed by atoms with E-state index in [9.17, 15) is 0 Å². The van der Waals surface area contributed by atoms with Gasteiger partial charge in [0, 0.05) is 8.80 Å². The zero-order valence-electron chi connectivity index (χ0n) is 21.9. The van der Waals surface area contributed by atoms with Gasteiger partial charge in [-0.3, -0.25) is 0 Å². The zero-order valence-corrected chi connectivity index (χ0v) is 24.8. The molecule has 0 saturated heterocycles. The molecule has 0 aliphatic heterocycles. The molecular formula is C30H50ClI. The van der Waals surface area contributed by atoms with Crippen LogP contribution in [0.5, 0.6) is 0 Å². The van der Waals surface area contributed by atoms with Crippen LogP contribution in [0, 0.1) is 29.1 Å². The molecule has 184 valence electrons. The Morgan fingerprint density at radius 3 is 2.38 bits per heavy atom. The van der Waals surface area contributed by atoms with E-state index in [0.29, 0.717) is 28.5 Å². The van der Waals surface area contributed by atoms with Crippen molar-refractivity contribution in [1.29, 1.82) is 0 Å². The van der Waals surface area contributed by atoms with Crippen LogP contribution in [0.25, 0.3) is 0 Å². The Balaban J connectivity index is 2.04. The number of rotatable bonds is 10. The summed E-state index contributed by atoms with van der Waals surface area (Å²) >= 11 is 9.25. The quantitative estimate of drug-likeness (QED) is 0.106. The third kappa shape index (κ3) is 7.12. The molecule has 0 spiro atoms. The highest BCUT2D eigenvalue weighted by molar-refractivity contribution is 14.1. The molecule has 0 heterocycles. The van der Waals surface area contributed by atoms with Crippen molar-refractivity contribution in [3.05, 3.63) is 36.0 Å². The molecule has 2 rings (SSSR count). The van der Waals surface area contributed by atoms with E-state index in [-0.39, 0.29) is 3.42 Å². The predicted molar refractivity (Wildman–Crippen MR) is 154 cm³/mol. The number of allylic oxidation sites excluding steroid dienone is 4. The molecule has 0 radical (unpaired) electrons. The zero-order chi connectivity index (χ0) is 24.1. The van der Waals surface area contributed by atoms with E-state index < -0.39 is 0 Å². The molecule has 2 aliphatic carbocycles. The Morgan fingerprint density at radius 1 is 1.16 bits per heavy atom. The summed E-state index contributed by atoms with van der Waals surface area (Å²) in [6.07, 6.45) is 15.9. The Kier molecular flexibility index (Phi) is 10.9. The van der Waals surface area contributed by atoms with Gasteiger partial charge in [0.05, 0.1) is 0 Å². The van der Waals surface area contributed by atoms with E-state index in [4.69, 9.17) is 18.2 Å². The second kappa shape index (κ2) is 12.3. The van der Waals surface area contributed by atoms with Crippen molar-refractivity contribution >= 4 is 34.2 Å². The van der Waals surface area contributed by atoms with E-state index in [1.165, 1.54) is 62.5 Å². The first-order valence-electron chi connectivity index (χ1n) is 13.3. The second-order valence-electron chi connectivity index (χ2n) is 12.0. The van der Waals surface area contributed by atoms with Gasteiger partial charge in [-0.1, -0.05) is 100 Å². The molecule has 1 saturated carbocycles. The molecule has 5 unspecified atom stereocenters. The van der Waals surface area contributed by atoms with Gasteiger partial charge in [-0.05, 0) is 99.7 Å². The largest absolute Gasteiger partial charge is 0.123 e. The third-order valence-corrected chi connectivity index (χ3v) is 11.8. The first kappa shape index (κ1) is 28.5. The lowest BCUT2D eigenvalue weighted by atomic mass is 9.69. The molecule has 0 nitrogen and oxygen atoms in total. The van der Waals surface area contributed by atoms with Crippen molar-refractivity contribution in [3.63, 3.8) is 0 Å². The summed E-state index contributed by atoms with van der Waals surface area (Å²) < 4.78 is 0.263. The molecule has 32 heavy (non-hydrogen) atoms. The summed E-state index contributed by atoms with van der Waals surface area (Å²) in [4.78, 5) is 0. The highest BCUT2D eigenvalue weighted by Crippen LogP contribution is 2.56. The number of hydrogen-bond acceptors (Lipinski definition) is 0. The average molecular weight is 573 g/mol. The third-order valence-electron chi connectivity index (χ3n) is 8.76. The summed E-state index contributed by atoms with van der Waals surface area (Å²) in [5.41, 5.74) is 4.97. The summed E-state index contributed by atoms with van der Waals surface area (Å²) in [6, 6.07) is 0. The lowest BCUT2D eigenvalue weighted by molar-refractivity contribution is 0.267. The van der Waals surface area contributed by atoms with Gasteiger partial charge < -0.3 is 0 Å². The number of halogens is 2. The molecule has 0 N–H and O–H groups in total. The molecule has 0 aromatic heterocycles. The second-order valence-corrected chi connectivity index (χ2v) is 14.4. The van der Waals surface area contributed by atoms with Gasteiger partial charge >= 0.3 is 0 Å². The Labute approximate surface area is 219 Å². The van der Waals surface area contributed by atoms with Crippen molar-refractivity contribution in [3.8, 4) is 0 Å². The van der Waals surface area contributed by atoms with E-state index in [1.54, 1.807) is 5.57 Å². The summed E-state index contributed by atoms with van der Waals surface area (Å²) in [5.74, 6) is 2.69. The van der Waals surface area contributed by atoms with Gasteiger partial charge in [0.25, 0.3) is 0 Å². The fourth-order valence-corrected chi connectivity index (χ4v) is 7.45. The van der Waals surface area contributed by atoms with Crippen molar-refractivity contribution < 1.29 is 0 Å². The summed E-state index contributed by atoms with van der Waals surface area (Å²) in [5, 5.41) is 0.337. The summed E-state index contributed by atoms with van der Waals surface area (Å²) in [7, 11) is 0. The minimum Gasteiger partial charge on any atom is -0.123 e. The summed E-state index contributed by atoms with van der Waals surface area (Å²) in [6.45, 7) is 23.5. The first-order valence-corrected chi connectivity index (χ1v) is 14.8. The smallest absolute Gasteiger partial charge is 0.0481 e. The molecular weight excluding hydrogens is 523 g/mol. The Morgan fingerprint density at radius 2 is 1.81 bits per heavy atom. The maximum absolute atomic E-state index is 6.42. The highest BCUT2D eigenvalue weighted by Gasteiger charge is 2.47. The van der Waals surface area contributed by atoms with Gasteiger partial charge in [0.1, 0.15) is 0 Å². The molecule has 0 bridgehead atoms. The van der Waals surface area contributed by atoms with Gasteiger partial charge in [-0.15, -0.1) is 11.6 Å². The molecule has 1 fully saturated rings. The van der Waals surface area contributed by atoms with Gasteiger partial charge in [-0.25, -0.2) is 0 Å². The van der Waals surface area contributed by atoms with Crippen LogP contribution in [0.2, 0.25) is 0 Å². The molecule has 5 atom stereocenters.